The van der Waals surface area contributed by atoms with Gasteiger partial charge in [0.05, 0.1) is 0 Å². The summed E-state index contributed by atoms with van der Waals surface area (Å²) in [5.41, 5.74) is 2.16. The van der Waals surface area contributed by atoms with Crippen LogP contribution in [0, 0.1) is 6.92 Å². The van der Waals surface area contributed by atoms with Crippen LogP contribution in [0.5, 0.6) is 5.75 Å². The lowest BCUT2D eigenvalue weighted by molar-refractivity contribution is -0.122. The minimum absolute atomic E-state index is 0.230. The van der Waals surface area contributed by atoms with E-state index in [1.165, 1.54) is 16.9 Å². The molecular formula is C23H21N3O2S. The number of benzene rings is 3. The Morgan fingerprint density at radius 1 is 1.03 bits per heavy atom. The van der Waals surface area contributed by atoms with Crippen molar-refractivity contribution in [1.82, 2.24) is 10.2 Å². The van der Waals surface area contributed by atoms with E-state index in [-0.39, 0.29) is 5.91 Å². The van der Waals surface area contributed by atoms with Crippen molar-refractivity contribution in [1.29, 1.82) is 0 Å². The second-order valence-electron chi connectivity index (χ2n) is 6.76. The lowest BCUT2D eigenvalue weighted by atomic mass is 10.1. The van der Waals surface area contributed by atoms with Gasteiger partial charge in [0.15, 0.2) is 6.10 Å². The van der Waals surface area contributed by atoms with Crippen LogP contribution in [0.3, 0.4) is 0 Å². The van der Waals surface area contributed by atoms with E-state index < -0.39 is 6.10 Å². The predicted octanol–water partition coefficient (Wildman–Crippen LogP) is 5.46. The van der Waals surface area contributed by atoms with E-state index in [2.05, 4.69) is 15.5 Å². The van der Waals surface area contributed by atoms with Gasteiger partial charge in [-0.2, -0.15) is 0 Å². The maximum absolute atomic E-state index is 12.8. The van der Waals surface area contributed by atoms with E-state index in [0.717, 1.165) is 21.3 Å². The highest BCUT2D eigenvalue weighted by Gasteiger charge is 2.21. The number of nitrogens with one attached hydrogen (secondary N) is 1. The van der Waals surface area contributed by atoms with Crippen molar-refractivity contribution in [3.8, 4) is 16.3 Å². The van der Waals surface area contributed by atoms with E-state index in [4.69, 9.17) is 4.74 Å². The number of fused-ring (bicyclic) bond motifs is 1. The normalized spacial score (nSPS) is 11.9. The van der Waals surface area contributed by atoms with Crippen LogP contribution in [0.2, 0.25) is 0 Å². The van der Waals surface area contributed by atoms with Crippen LogP contribution >= 0.6 is 11.3 Å². The summed E-state index contributed by atoms with van der Waals surface area (Å²) < 4.78 is 6.06. The molecule has 1 amide bonds. The monoisotopic (exact) mass is 403 g/mol. The Kier molecular flexibility index (Phi) is 5.53. The maximum atomic E-state index is 12.8. The molecule has 4 rings (SSSR count). The van der Waals surface area contributed by atoms with Crippen LogP contribution in [0.25, 0.3) is 21.3 Å². The second kappa shape index (κ2) is 8.41. The zero-order valence-electron chi connectivity index (χ0n) is 16.3. The minimum Gasteiger partial charge on any atom is -0.480 e. The summed E-state index contributed by atoms with van der Waals surface area (Å²) in [5.74, 6) is 0.467. The molecule has 0 spiro atoms. The van der Waals surface area contributed by atoms with Gasteiger partial charge in [0.25, 0.3) is 5.91 Å². The van der Waals surface area contributed by atoms with Gasteiger partial charge in [-0.1, -0.05) is 84.5 Å². The van der Waals surface area contributed by atoms with Gasteiger partial charge in [-0.15, -0.1) is 10.2 Å². The van der Waals surface area contributed by atoms with Crippen molar-refractivity contribution in [2.45, 2.75) is 26.4 Å². The van der Waals surface area contributed by atoms with Crippen LogP contribution in [-0.2, 0) is 4.79 Å². The highest BCUT2D eigenvalue weighted by Crippen LogP contribution is 2.28. The third-order valence-corrected chi connectivity index (χ3v) is 5.52. The molecule has 0 aliphatic carbocycles. The fourth-order valence-electron chi connectivity index (χ4n) is 3.05. The number of aromatic nitrogens is 2. The van der Waals surface area contributed by atoms with Crippen molar-refractivity contribution < 1.29 is 9.53 Å². The van der Waals surface area contributed by atoms with E-state index in [9.17, 15) is 4.79 Å². The Morgan fingerprint density at radius 3 is 2.59 bits per heavy atom. The predicted molar refractivity (Wildman–Crippen MR) is 117 cm³/mol. The number of amides is 1. The number of carbonyl (C=O) groups excluding carboxylic acids is 1. The molecule has 29 heavy (non-hydrogen) atoms. The summed E-state index contributed by atoms with van der Waals surface area (Å²) in [6, 6.07) is 21.9. The molecule has 5 nitrogen and oxygen atoms in total. The first kappa shape index (κ1) is 19.1. The number of rotatable bonds is 6. The molecule has 3 aromatic carbocycles. The fourth-order valence-corrected chi connectivity index (χ4v) is 3.80. The fraction of sp³-hybridized carbons (Fsp3) is 0.174. The summed E-state index contributed by atoms with van der Waals surface area (Å²) in [7, 11) is 0. The zero-order valence-corrected chi connectivity index (χ0v) is 17.1. The van der Waals surface area contributed by atoms with Crippen molar-refractivity contribution in [2.24, 2.45) is 0 Å². The van der Waals surface area contributed by atoms with E-state index in [1.807, 2.05) is 80.6 Å². The third-order valence-electron chi connectivity index (χ3n) is 4.64. The lowest BCUT2D eigenvalue weighted by Gasteiger charge is -2.17. The number of ether oxygens (including phenoxy) is 1. The van der Waals surface area contributed by atoms with Crippen LogP contribution in [-0.4, -0.2) is 22.2 Å². The maximum Gasteiger partial charge on any atom is 0.267 e. The second-order valence-corrected chi connectivity index (χ2v) is 7.74. The summed E-state index contributed by atoms with van der Waals surface area (Å²) in [6.45, 7) is 3.96. The minimum atomic E-state index is -0.618. The molecule has 0 bridgehead atoms. The zero-order chi connectivity index (χ0) is 20.2. The van der Waals surface area contributed by atoms with Crippen molar-refractivity contribution in [3.05, 3.63) is 72.3 Å². The summed E-state index contributed by atoms with van der Waals surface area (Å²) in [6.07, 6.45) is -0.0777. The Bertz CT molecular complexity index is 1130. The molecule has 1 N–H and O–H groups in total. The van der Waals surface area contributed by atoms with Crippen LogP contribution < -0.4 is 10.1 Å². The van der Waals surface area contributed by atoms with Crippen molar-refractivity contribution in [2.75, 3.05) is 5.32 Å². The van der Waals surface area contributed by atoms with E-state index in [0.29, 0.717) is 17.3 Å². The molecule has 1 heterocycles. The van der Waals surface area contributed by atoms with Gasteiger partial charge < -0.3 is 4.74 Å². The highest BCUT2D eigenvalue weighted by atomic mass is 32.1. The SMILES string of the molecule is CC[C@H](Oc1cccc2ccccc12)C(=O)Nc1nnc(-c2ccc(C)cc2)s1. The molecule has 146 valence electrons. The Morgan fingerprint density at radius 2 is 1.79 bits per heavy atom. The highest BCUT2D eigenvalue weighted by molar-refractivity contribution is 7.18. The molecule has 1 atom stereocenters. The number of nitrogens with zero attached hydrogens (tertiary/aromatic N) is 2. The number of carbonyl (C=O) groups is 1. The molecular weight excluding hydrogens is 382 g/mol. The summed E-state index contributed by atoms with van der Waals surface area (Å²) in [4.78, 5) is 12.8. The van der Waals surface area contributed by atoms with Crippen molar-refractivity contribution in [3.63, 3.8) is 0 Å². The van der Waals surface area contributed by atoms with Crippen molar-refractivity contribution >= 4 is 33.1 Å². The molecule has 0 aliphatic heterocycles. The number of anilines is 1. The number of hydrogen-bond donors (Lipinski definition) is 1. The first-order chi connectivity index (χ1) is 14.1. The topological polar surface area (TPSA) is 64.1 Å². The molecule has 0 saturated heterocycles. The van der Waals surface area contributed by atoms with Gasteiger partial charge in [0.2, 0.25) is 5.13 Å². The van der Waals surface area contributed by atoms with Gasteiger partial charge in [-0.25, -0.2) is 0 Å². The van der Waals surface area contributed by atoms with Gasteiger partial charge in [-0.05, 0) is 24.8 Å². The van der Waals surface area contributed by atoms with Gasteiger partial charge >= 0.3 is 0 Å². The summed E-state index contributed by atoms with van der Waals surface area (Å²) >= 11 is 1.35. The average molecular weight is 404 g/mol. The molecule has 0 aliphatic rings. The molecule has 1 aromatic heterocycles. The lowest BCUT2D eigenvalue weighted by Crippen LogP contribution is -2.32. The van der Waals surface area contributed by atoms with E-state index >= 15 is 0 Å². The van der Waals surface area contributed by atoms with E-state index in [1.54, 1.807) is 0 Å². The molecule has 0 unspecified atom stereocenters. The molecule has 0 saturated carbocycles. The smallest absolute Gasteiger partial charge is 0.267 e. The standard InChI is InChI=1S/C23H21N3O2S/c1-3-19(28-20-10-6-8-16-7-4-5-9-18(16)20)21(27)24-23-26-25-22(29-23)17-13-11-15(2)12-14-17/h4-14,19H,3H2,1-2H3,(H,24,26,27)/t19-/m0/s1. The quantitative estimate of drug-likeness (QED) is 0.464. The first-order valence-corrected chi connectivity index (χ1v) is 10.3. The van der Waals surface area contributed by atoms with Gasteiger partial charge in [0, 0.05) is 10.9 Å². The number of aryl methyl sites for hydroxylation is 1. The summed E-state index contributed by atoms with van der Waals surface area (Å²) in [5, 5.41) is 14.4. The van der Waals surface area contributed by atoms with Gasteiger partial charge in [0.1, 0.15) is 10.8 Å². The Hall–Kier alpha value is -3.25. The van der Waals surface area contributed by atoms with Crippen LogP contribution in [0.1, 0.15) is 18.9 Å². The Balaban J connectivity index is 1.49. The Labute approximate surface area is 173 Å². The van der Waals surface area contributed by atoms with Crippen LogP contribution in [0.15, 0.2) is 66.7 Å². The first-order valence-electron chi connectivity index (χ1n) is 9.50. The molecule has 0 radical (unpaired) electrons. The number of hydrogen-bond acceptors (Lipinski definition) is 5. The molecule has 4 aromatic rings. The van der Waals surface area contributed by atoms with Crippen LogP contribution in [0.4, 0.5) is 5.13 Å². The molecule has 6 heteroatoms. The molecule has 0 fully saturated rings. The van der Waals surface area contributed by atoms with Gasteiger partial charge in [-0.3, -0.25) is 10.1 Å². The third kappa shape index (κ3) is 4.27. The largest absolute Gasteiger partial charge is 0.480 e. The average Bonchev–Trinajstić information content (AvgIpc) is 3.21.